The van der Waals surface area contributed by atoms with Crippen molar-refractivity contribution < 1.29 is 4.79 Å². The Labute approximate surface area is 105 Å². The van der Waals surface area contributed by atoms with Crippen LogP contribution >= 0.6 is 0 Å². The average Bonchev–Trinajstić information content (AvgIpc) is 2.37. The summed E-state index contributed by atoms with van der Waals surface area (Å²) in [4.78, 5) is 14.9. The highest BCUT2D eigenvalue weighted by Gasteiger charge is 1.96. The quantitative estimate of drug-likeness (QED) is 0.864. The molecule has 0 spiro atoms. The van der Waals surface area contributed by atoms with Gasteiger partial charge in [-0.25, -0.2) is 4.79 Å². The highest BCUT2D eigenvalue weighted by atomic mass is 16.2. The molecule has 1 aromatic carbocycles. The van der Waals surface area contributed by atoms with Crippen LogP contribution in [-0.4, -0.2) is 11.0 Å². The van der Waals surface area contributed by atoms with Crippen LogP contribution < -0.4 is 11.1 Å². The third-order valence-electron chi connectivity index (χ3n) is 2.29. The van der Waals surface area contributed by atoms with Crippen LogP contribution in [0.4, 0.5) is 10.5 Å². The number of carbonyl (C=O) groups excluding carboxylic acids is 1. The van der Waals surface area contributed by atoms with Gasteiger partial charge in [0, 0.05) is 11.9 Å². The SMILES string of the molecule is NC(=O)Nc1ccnc(/C=C/c2ccccc2)c1. The van der Waals surface area contributed by atoms with Gasteiger partial charge in [-0.3, -0.25) is 4.98 Å². The van der Waals surface area contributed by atoms with Crippen LogP contribution in [0.5, 0.6) is 0 Å². The standard InChI is InChI=1S/C14H13N3O/c15-14(18)17-13-8-9-16-12(10-13)7-6-11-4-2-1-3-5-11/h1-10H,(H3,15,16,17,18)/b7-6+. The molecule has 4 heteroatoms. The molecule has 2 aromatic rings. The summed E-state index contributed by atoms with van der Waals surface area (Å²) in [6.45, 7) is 0. The number of nitrogens with one attached hydrogen (secondary N) is 1. The fourth-order valence-corrected chi connectivity index (χ4v) is 1.51. The van der Waals surface area contributed by atoms with Gasteiger partial charge in [-0.15, -0.1) is 0 Å². The second-order valence-corrected chi connectivity index (χ2v) is 3.70. The maximum atomic E-state index is 10.7. The van der Waals surface area contributed by atoms with Crippen molar-refractivity contribution in [1.82, 2.24) is 4.98 Å². The van der Waals surface area contributed by atoms with E-state index in [1.165, 1.54) is 0 Å². The molecule has 4 nitrogen and oxygen atoms in total. The molecule has 2 rings (SSSR count). The lowest BCUT2D eigenvalue weighted by Gasteiger charge is -2.01. The molecule has 1 aromatic heterocycles. The van der Waals surface area contributed by atoms with Gasteiger partial charge in [-0.2, -0.15) is 0 Å². The molecule has 0 saturated heterocycles. The number of nitrogens with zero attached hydrogens (tertiary/aromatic N) is 1. The number of hydrogen-bond acceptors (Lipinski definition) is 2. The van der Waals surface area contributed by atoms with Crippen molar-refractivity contribution in [1.29, 1.82) is 0 Å². The Bertz CT molecular complexity index is 564. The van der Waals surface area contributed by atoms with Crippen LogP contribution in [-0.2, 0) is 0 Å². The zero-order chi connectivity index (χ0) is 12.8. The Kier molecular flexibility index (Phi) is 3.71. The molecule has 1 heterocycles. The normalized spacial score (nSPS) is 10.4. The fourth-order valence-electron chi connectivity index (χ4n) is 1.51. The summed E-state index contributed by atoms with van der Waals surface area (Å²) >= 11 is 0. The second kappa shape index (κ2) is 5.63. The fraction of sp³-hybridized carbons (Fsp3) is 0. The van der Waals surface area contributed by atoms with Gasteiger partial charge in [0.15, 0.2) is 0 Å². The van der Waals surface area contributed by atoms with Gasteiger partial charge in [0.1, 0.15) is 0 Å². The third-order valence-corrected chi connectivity index (χ3v) is 2.29. The van der Waals surface area contributed by atoms with Crippen LogP contribution in [0.15, 0.2) is 48.7 Å². The summed E-state index contributed by atoms with van der Waals surface area (Å²) in [5.41, 5.74) is 7.53. The molecule has 0 bridgehead atoms. The van der Waals surface area contributed by atoms with E-state index in [-0.39, 0.29) is 0 Å². The van der Waals surface area contributed by atoms with Gasteiger partial charge < -0.3 is 11.1 Å². The largest absolute Gasteiger partial charge is 0.351 e. The smallest absolute Gasteiger partial charge is 0.316 e. The van der Waals surface area contributed by atoms with Crippen molar-refractivity contribution >= 4 is 23.9 Å². The topological polar surface area (TPSA) is 68.0 Å². The van der Waals surface area contributed by atoms with Crippen molar-refractivity contribution in [3.8, 4) is 0 Å². The third kappa shape index (κ3) is 3.45. The number of benzene rings is 1. The molecule has 0 fully saturated rings. The first kappa shape index (κ1) is 11.9. The van der Waals surface area contributed by atoms with Crippen molar-refractivity contribution in [2.24, 2.45) is 5.73 Å². The van der Waals surface area contributed by atoms with Gasteiger partial charge >= 0.3 is 6.03 Å². The first-order chi connectivity index (χ1) is 8.74. The molecule has 0 aliphatic heterocycles. The Hall–Kier alpha value is -2.62. The van der Waals surface area contributed by atoms with E-state index in [1.807, 2.05) is 42.5 Å². The molecule has 0 saturated carbocycles. The van der Waals surface area contributed by atoms with E-state index in [1.54, 1.807) is 18.3 Å². The molecular weight excluding hydrogens is 226 g/mol. The first-order valence-corrected chi connectivity index (χ1v) is 5.50. The van der Waals surface area contributed by atoms with Crippen molar-refractivity contribution in [2.45, 2.75) is 0 Å². The summed E-state index contributed by atoms with van der Waals surface area (Å²) in [7, 11) is 0. The second-order valence-electron chi connectivity index (χ2n) is 3.70. The summed E-state index contributed by atoms with van der Waals surface area (Å²) < 4.78 is 0. The number of anilines is 1. The van der Waals surface area contributed by atoms with E-state index in [4.69, 9.17) is 5.73 Å². The molecule has 0 unspecified atom stereocenters. The predicted molar refractivity (Wildman–Crippen MR) is 72.8 cm³/mol. The first-order valence-electron chi connectivity index (χ1n) is 5.50. The van der Waals surface area contributed by atoms with Gasteiger partial charge in [0.25, 0.3) is 0 Å². The summed E-state index contributed by atoms with van der Waals surface area (Å²) in [5, 5.41) is 2.51. The molecule has 90 valence electrons. The number of carbonyl (C=O) groups is 1. The minimum atomic E-state index is -0.584. The number of rotatable bonds is 3. The number of pyridine rings is 1. The zero-order valence-corrected chi connectivity index (χ0v) is 9.71. The van der Waals surface area contributed by atoms with Gasteiger partial charge in [0.2, 0.25) is 0 Å². The average molecular weight is 239 g/mol. The lowest BCUT2D eigenvalue weighted by Crippen LogP contribution is -2.19. The Morgan fingerprint density at radius 3 is 2.67 bits per heavy atom. The van der Waals surface area contributed by atoms with Crippen molar-refractivity contribution in [3.05, 3.63) is 59.9 Å². The van der Waals surface area contributed by atoms with Crippen LogP contribution in [0.3, 0.4) is 0 Å². The predicted octanol–water partition coefficient (Wildman–Crippen LogP) is 2.74. The molecular formula is C14H13N3O. The number of urea groups is 1. The Balaban J connectivity index is 2.14. The maximum absolute atomic E-state index is 10.7. The minimum absolute atomic E-state index is 0.584. The Morgan fingerprint density at radius 1 is 1.17 bits per heavy atom. The van der Waals surface area contributed by atoms with E-state index in [0.717, 1.165) is 11.3 Å². The molecule has 0 radical (unpaired) electrons. The van der Waals surface area contributed by atoms with E-state index < -0.39 is 6.03 Å². The van der Waals surface area contributed by atoms with Gasteiger partial charge in [-0.1, -0.05) is 36.4 Å². The number of nitrogens with two attached hydrogens (primary N) is 1. The molecule has 3 N–H and O–H groups in total. The van der Waals surface area contributed by atoms with Gasteiger partial charge in [-0.05, 0) is 23.8 Å². The van der Waals surface area contributed by atoms with Crippen LogP contribution in [0.2, 0.25) is 0 Å². The molecule has 0 aliphatic carbocycles. The number of amides is 2. The summed E-state index contributed by atoms with van der Waals surface area (Å²) in [6.07, 6.45) is 5.45. The number of hydrogen-bond donors (Lipinski definition) is 2. The molecule has 2 amide bonds. The monoisotopic (exact) mass is 239 g/mol. The maximum Gasteiger partial charge on any atom is 0.316 e. The van der Waals surface area contributed by atoms with Crippen LogP contribution in [0.1, 0.15) is 11.3 Å². The van der Waals surface area contributed by atoms with E-state index in [0.29, 0.717) is 5.69 Å². The lowest BCUT2D eigenvalue weighted by atomic mass is 10.2. The van der Waals surface area contributed by atoms with Crippen LogP contribution in [0, 0.1) is 0 Å². The van der Waals surface area contributed by atoms with Crippen molar-refractivity contribution in [3.63, 3.8) is 0 Å². The zero-order valence-electron chi connectivity index (χ0n) is 9.71. The highest BCUT2D eigenvalue weighted by Crippen LogP contribution is 2.11. The van der Waals surface area contributed by atoms with Gasteiger partial charge in [0.05, 0.1) is 5.69 Å². The highest BCUT2D eigenvalue weighted by molar-refractivity contribution is 5.88. The minimum Gasteiger partial charge on any atom is -0.351 e. The molecule has 0 aliphatic rings. The molecule has 18 heavy (non-hydrogen) atoms. The van der Waals surface area contributed by atoms with E-state index in [2.05, 4.69) is 10.3 Å². The van der Waals surface area contributed by atoms with E-state index in [9.17, 15) is 4.79 Å². The Morgan fingerprint density at radius 2 is 1.94 bits per heavy atom. The summed E-state index contributed by atoms with van der Waals surface area (Å²) in [5.74, 6) is 0. The van der Waals surface area contributed by atoms with E-state index >= 15 is 0 Å². The summed E-state index contributed by atoms with van der Waals surface area (Å²) in [6, 6.07) is 12.8. The molecule has 0 atom stereocenters. The van der Waals surface area contributed by atoms with Crippen LogP contribution in [0.25, 0.3) is 12.2 Å². The number of aromatic nitrogens is 1. The number of primary amides is 1. The van der Waals surface area contributed by atoms with Crippen molar-refractivity contribution in [2.75, 3.05) is 5.32 Å². The lowest BCUT2D eigenvalue weighted by molar-refractivity contribution is 0.259.